The summed E-state index contributed by atoms with van der Waals surface area (Å²) in [5.74, 6) is 0.472. The zero-order chi connectivity index (χ0) is 23.5. The van der Waals surface area contributed by atoms with Crippen molar-refractivity contribution in [1.82, 2.24) is 14.5 Å². The third-order valence-electron chi connectivity index (χ3n) is 6.21. The Kier molecular flexibility index (Phi) is 6.40. The highest BCUT2D eigenvalue weighted by Gasteiger charge is 2.27. The van der Waals surface area contributed by atoms with Crippen LogP contribution < -0.4 is 5.56 Å². The zero-order valence-electron chi connectivity index (χ0n) is 19.6. The molecule has 1 aromatic heterocycles. The summed E-state index contributed by atoms with van der Waals surface area (Å²) in [6, 6.07) is 22.4. The number of aromatic nitrogens is 2. The molecule has 4 aromatic rings. The molecule has 0 N–H and O–H groups in total. The van der Waals surface area contributed by atoms with Gasteiger partial charge in [-0.2, -0.15) is 0 Å². The van der Waals surface area contributed by atoms with E-state index in [0.717, 1.165) is 17.7 Å². The summed E-state index contributed by atoms with van der Waals surface area (Å²) in [6.45, 7) is 8.45. The molecule has 0 radical (unpaired) electrons. The largest absolute Gasteiger partial charge is 0.329 e. The minimum Gasteiger partial charge on any atom is -0.329 e. The van der Waals surface area contributed by atoms with Crippen LogP contribution in [0.5, 0.6) is 0 Å². The van der Waals surface area contributed by atoms with Crippen LogP contribution in [0.1, 0.15) is 54.1 Å². The monoisotopic (exact) mass is 439 g/mol. The van der Waals surface area contributed by atoms with Crippen molar-refractivity contribution in [3.05, 3.63) is 106 Å². The zero-order valence-corrected chi connectivity index (χ0v) is 19.6. The number of amides is 1. The maximum absolute atomic E-state index is 13.6. The molecule has 3 aromatic carbocycles. The van der Waals surface area contributed by atoms with E-state index in [0.29, 0.717) is 28.8 Å². The van der Waals surface area contributed by atoms with Gasteiger partial charge >= 0.3 is 0 Å². The molecule has 1 amide bonds. The van der Waals surface area contributed by atoms with E-state index >= 15 is 0 Å². The molecule has 0 aliphatic heterocycles. The summed E-state index contributed by atoms with van der Waals surface area (Å²) in [7, 11) is 0. The number of fused-ring (bicyclic) bond motifs is 1. The third-order valence-corrected chi connectivity index (χ3v) is 6.21. The van der Waals surface area contributed by atoms with Gasteiger partial charge in [0.05, 0.1) is 22.6 Å². The first-order valence-corrected chi connectivity index (χ1v) is 11.4. The molecule has 0 aliphatic carbocycles. The first-order valence-electron chi connectivity index (χ1n) is 11.4. The van der Waals surface area contributed by atoms with Crippen molar-refractivity contribution in [2.75, 3.05) is 6.54 Å². The van der Waals surface area contributed by atoms with E-state index in [4.69, 9.17) is 4.98 Å². The summed E-state index contributed by atoms with van der Waals surface area (Å²) in [6.07, 6.45) is 0.923. The van der Waals surface area contributed by atoms with Crippen molar-refractivity contribution in [3.8, 4) is 5.69 Å². The average molecular weight is 440 g/mol. The highest BCUT2D eigenvalue weighted by molar-refractivity contribution is 5.94. The van der Waals surface area contributed by atoms with Gasteiger partial charge in [0.25, 0.3) is 11.5 Å². The van der Waals surface area contributed by atoms with Gasteiger partial charge in [-0.1, -0.05) is 49.4 Å². The lowest BCUT2D eigenvalue weighted by Crippen LogP contribution is -2.37. The van der Waals surface area contributed by atoms with Crippen molar-refractivity contribution in [1.29, 1.82) is 0 Å². The van der Waals surface area contributed by atoms with Crippen LogP contribution >= 0.6 is 0 Å². The van der Waals surface area contributed by atoms with Gasteiger partial charge in [-0.25, -0.2) is 4.98 Å². The van der Waals surface area contributed by atoms with E-state index in [9.17, 15) is 9.59 Å². The molecule has 4 rings (SSSR count). The van der Waals surface area contributed by atoms with Crippen LogP contribution in [0.3, 0.4) is 0 Å². The van der Waals surface area contributed by atoms with Crippen LogP contribution in [-0.2, 0) is 6.42 Å². The predicted molar refractivity (Wildman–Crippen MR) is 133 cm³/mol. The fraction of sp³-hybridized carbons (Fsp3) is 0.250. The molecule has 0 bridgehead atoms. The molecular formula is C28H29N3O2. The first kappa shape index (κ1) is 22.5. The molecule has 5 heteroatoms. The van der Waals surface area contributed by atoms with Crippen LogP contribution in [0.2, 0.25) is 0 Å². The standard InChI is InChI=1S/C28H29N3O2/c1-5-21-15-17-22(18-16-21)27(32)30(6-2)20(4)26-29-24-13-9-8-12-23(24)28(33)31(26)25-14-10-7-11-19(25)3/h7-18,20H,5-6H2,1-4H3. The number of carbonyl (C=O) groups excluding carboxylic acids is 1. The Morgan fingerprint density at radius 2 is 1.64 bits per heavy atom. The molecule has 0 saturated carbocycles. The van der Waals surface area contributed by atoms with Crippen molar-refractivity contribution in [3.63, 3.8) is 0 Å². The number of para-hydroxylation sites is 2. The molecule has 0 aliphatic rings. The van der Waals surface area contributed by atoms with Crippen molar-refractivity contribution < 1.29 is 4.79 Å². The lowest BCUT2D eigenvalue weighted by Gasteiger charge is -2.30. The summed E-state index contributed by atoms with van der Waals surface area (Å²) < 4.78 is 1.67. The number of benzene rings is 3. The Labute approximate surface area is 194 Å². The molecule has 0 fully saturated rings. The van der Waals surface area contributed by atoms with Crippen LogP contribution in [-0.4, -0.2) is 26.9 Å². The fourth-order valence-corrected chi connectivity index (χ4v) is 4.26. The summed E-state index contributed by atoms with van der Waals surface area (Å²) >= 11 is 0. The lowest BCUT2D eigenvalue weighted by atomic mass is 10.1. The van der Waals surface area contributed by atoms with E-state index in [1.54, 1.807) is 15.5 Å². The second-order valence-corrected chi connectivity index (χ2v) is 8.23. The fourth-order valence-electron chi connectivity index (χ4n) is 4.26. The Hall–Kier alpha value is -3.73. The van der Waals surface area contributed by atoms with Crippen LogP contribution in [0.25, 0.3) is 16.6 Å². The van der Waals surface area contributed by atoms with E-state index in [-0.39, 0.29) is 11.5 Å². The molecule has 5 nitrogen and oxygen atoms in total. The number of nitrogens with zero attached hydrogens (tertiary/aromatic N) is 3. The van der Waals surface area contributed by atoms with Crippen LogP contribution in [0.15, 0.2) is 77.6 Å². The number of hydrogen-bond acceptors (Lipinski definition) is 3. The van der Waals surface area contributed by atoms with E-state index < -0.39 is 6.04 Å². The molecule has 168 valence electrons. The minimum absolute atomic E-state index is 0.0774. The maximum Gasteiger partial charge on any atom is 0.266 e. The third kappa shape index (κ3) is 4.19. The number of aryl methyl sites for hydroxylation is 2. The molecule has 1 atom stereocenters. The van der Waals surface area contributed by atoms with Gasteiger partial charge in [-0.15, -0.1) is 0 Å². The highest BCUT2D eigenvalue weighted by atomic mass is 16.2. The van der Waals surface area contributed by atoms with Gasteiger partial charge in [0.2, 0.25) is 0 Å². The highest BCUT2D eigenvalue weighted by Crippen LogP contribution is 2.25. The van der Waals surface area contributed by atoms with E-state index in [1.807, 2.05) is 87.5 Å². The van der Waals surface area contributed by atoms with Gasteiger partial charge in [0.15, 0.2) is 0 Å². The molecule has 0 spiro atoms. The Morgan fingerprint density at radius 3 is 2.30 bits per heavy atom. The van der Waals surface area contributed by atoms with Crippen molar-refractivity contribution in [2.45, 2.75) is 40.2 Å². The van der Waals surface area contributed by atoms with Crippen molar-refractivity contribution >= 4 is 16.8 Å². The molecule has 1 unspecified atom stereocenters. The normalized spacial score (nSPS) is 12.0. The molecule has 0 saturated heterocycles. The van der Waals surface area contributed by atoms with Gasteiger partial charge in [0, 0.05) is 12.1 Å². The smallest absolute Gasteiger partial charge is 0.266 e. The summed E-state index contributed by atoms with van der Waals surface area (Å²) in [5, 5.41) is 0.557. The molecule has 1 heterocycles. The topological polar surface area (TPSA) is 55.2 Å². The van der Waals surface area contributed by atoms with E-state index in [2.05, 4.69) is 6.92 Å². The second kappa shape index (κ2) is 9.41. The van der Waals surface area contributed by atoms with Gasteiger partial charge in [-0.05, 0) is 68.7 Å². The van der Waals surface area contributed by atoms with Crippen LogP contribution in [0.4, 0.5) is 0 Å². The first-order chi connectivity index (χ1) is 16.0. The number of hydrogen-bond donors (Lipinski definition) is 0. The van der Waals surface area contributed by atoms with Crippen LogP contribution in [0, 0.1) is 6.92 Å². The molecule has 33 heavy (non-hydrogen) atoms. The number of carbonyl (C=O) groups is 1. The van der Waals surface area contributed by atoms with Gasteiger partial charge in [0.1, 0.15) is 5.82 Å². The predicted octanol–water partition coefficient (Wildman–Crippen LogP) is 5.48. The maximum atomic E-state index is 13.6. The summed E-state index contributed by atoms with van der Waals surface area (Å²) in [4.78, 5) is 33.8. The Morgan fingerprint density at radius 1 is 0.970 bits per heavy atom. The minimum atomic E-state index is -0.412. The second-order valence-electron chi connectivity index (χ2n) is 8.23. The van der Waals surface area contributed by atoms with E-state index in [1.165, 1.54) is 5.56 Å². The average Bonchev–Trinajstić information content (AvgIpc) is 2.85. The van der Waals surface area contributed by atoms with Gasteiger partial charge < -0.3 is 4.90 Å². The SMILES string of the molecule is CCc1ccc(C(=O)N(CC)C(C)c2nc3ccccc3c(=O)n2-c2ccccc2C)cc1. The summed E-state index contributed by atoms with van der Waals surface area (Å²) in [5.41, 5.74) is 4.06. The van der Waals surface area contributed by atoms with Gasteiger partial charge in [-0.3, -0.25) is 14.2 Å². The molecular weight excluding hydrogens is 410 g/mol. The quantitative estimate of drug-likeness (QED) is 0.400. The Balaban J connectivity index is 1.88. The van der Waals surface area contributed by atoms with Crippen molar-refractivity contribution in [2.24, 2.45) is 0 Å². The Bertz CT molecular complexity index is 1360. The lowest BCUT2D eigenvalue weighted by molar-refractivity contribution is 0.0693. The number of rotatable bonds is 6.